The summed E-state index contributed by atoms with van der Waals surface area (Å²) < 4.78 is 15.0. The molecule has 5 nitrogen and oxygen atoms in total. The third-order valence-electron chi connectivity index (χ3n) is 3.68. The number of nitrogen functional groups attached to an aromatic ring is 1. The Morgan fingerprint density at radius 1 is 1.25 bits per heavy atom. The van der Waals surface area contributed by atoms with Crippen LogP contribution in [0.1, 0.15) is 15.2 Å². The van der Waals surface area contributed by atoms with Gasteiger partial charge in [0.25, 0.3) is 0 Å². The van der Waals surface area contributed by atoms with Crippen LogP contribution in [0, 0.1) is 5.82 Å². The second kappa shape index (κ2) is 5.54. The molecule has 0 unspecified atom stereocenters. The number of ketones is 1. The molecule has 0 radical (unpaired) electrons. The molecule has 0 aliphatic carbocycles. The highest BCUT2D eigenvalue weighted by Crippen LogP contribution is 2.25. The lowest BCUT2D eigenvalue weighted by Gasteiger charge is -2.06. The number of aromatic nitrogens is 3. The maximum absolute atomic E-state index is 13.4. The lowest BCUT2D eigenvalue weighted by Crippen LogP contribution is -2.01. The fraction of sp³-hybridized carbons (Fsp3) is 0. The molecule has 0 amide bonds. The molecule has 1 aromatic carbocycles. The van der Waals surface area contributed by atoms with Crippen molar-refractivity contribution in [3.8, 4) is 11.3 Å². The number of nitrogens with zero attached hydrogens (tertiary/aromatic N) is 3. The minimum Gasteiger partial charge on any atom is -0.396 e. The Morgan fingerprint density at radius 3 is 2.88 bits per heavy atom. The van der Waals surface area contributed by atoms with Crippen LogP contribution in [0.5, 0.6) is 0 Å². The zero-order valence-corrected chi connectivity index (χ0v) is 13.1. The van der Waals surface area contributed by atoms with E-state index in [0.29, 0.717) is 27.3 Å². The smallest absolute Gasteiger partial charge is 0.208 e. The molecule has 0 saturated carbocycles. The van der Waals surface area contributed by atoms with Gasteiger partial charge in [-0.2, -0.15) is 5.10 Å². The van der Waals surface area contributed by atoms with Gasteiger partial charge in [0.1, 0.15) is 5.82 Å². The van der Waals surface area contributed by atoms with Gasteiger partial charge in [-0.25, -0.2) is 13.9 Å². The van der Waals surface area contributed by atoms with Crippen molar-refractivity contribution in [2.24, 2.45) is 0 Å². The normalized spacial score (nSPS) is 11.0. The number of hydrogen-bond donors (Lipinski definition) is 1. The number of nitrogens with two attached hydrogens (primary N) is 1. The standard InChI is InChI=1S/C17H11FN4OS/c18-12-4-3-10(8-13(12)19)14-5-6-20-17-11(9-21-22(14)17)16(23)15-2-1-7-24-15/h1-9H,19H2/i3+1,4+1,8+1,10+1,12+1,13+1. The zero-order valence-electron chi connectivity index (χ0n) is 12.3. The molecular weight excluding hydrogens is 333 g/mol. The van der Waals surface area contributed by atoms with Gasteiger partial charge in [-0.1, -0.05) is 6.07 Å². The summed E-state index contributed by atoms with van der Waals surface area (Å²) in [5.74, 6) is -0.596. The Hall–Kier alpha value is -3.06. The highest BCUT2D eigenvalue weighted by atomic mass is 32.1. The molecule has 0 spiro atoms. The van der Waals surface area contributed by atoms with Crippen LogP contribution in [0.25, 0.3) is 16.9 Å². The Kier molecular flexibility index (Phi) is 3.35. The van der Waals surface area contributed by atoms with E-state index in [-0.39, 0.29) is 11.5 Å². The molecule has 118 valence electrons. The van der Waals surface area contributed by atoms with Crippen LogP contribution in [0.3, 0.4) is 0 Å². The summed E-state index contributed by atoms with van der Waals surface area (Å²) in [6.07, 6.45) is 3.10. The topological polar surface area (TPSA) is 73.3 Å². The van der Waals surface area contributed by atoms with E-state index >= 15 is 0 Å². The predicted molar refractivity (Wildman–Crippen MR) is 90.5 cm³/mol. The molecule has 24 heavy (non-hydrogen) atoms. The summed E-state index contributed by atoms with van der Waals surface area (Å²) in [6.45, 7) is 0. The summed E-state index contributed by atoms with van der Waals surface area (Å²) in [7, 11) is 0. The van der Waals surface area contributed by atoms with E-state index in [1.807, 2.05) is 11.4 Å². The third-order valence-corrected chi connectivity index (χ3v) is 4.55. The van der Waals surface area contributed by atoms with E-state index < -0.39 is 5.82 Å². The van der Waals surface area contributed by atoms with Gasteiger partial charge in [-0.05, 0) is 35.7 Å². The number of rotatable bonds is 3. The van der Waals surface area contributed by atoms with Gasteiger partial charge in [0.05, 0.1) is 28.0 Å². The van der Waals surface area contributed by atoms with Crippen LogP contribution in [0.4, 0.5) is 10.1 Å². The maximum atomic E-state index is 13.4. The first-order chi connectivity index (χ1) is 11.6. The van der Waals surface area contributed by atoms with Crippen molar-refractivity contribution in [3.05, 3.63) is 70.4 Å². The Morgan fingerprint density at radius 2 is 2.12 bits per heavy atom. The Bertz CT molecular complexity index is 1060. The van der Waals surface area contributed by atoms with Crippen LogP contribution in [-0.2, 0) is 0 Å². The van der Waals surface area contributed by atoms with Gasteiger partial charge in [-0.3, -0.25) is 4.79 Å². The summed E-state index contributed by atoms with van der Waals surface area (Å²) in [6, 6.07) is 9.78. The first kappa shape index (κ1) is 14.5. The Labute approximate surface area is 140 Å². The fourth-order valence-corrected chi connectivity index (χ4v) is 3.19. The van der Waals surface area contributed by atoms with Crippen molar-refractivity contribution in [1.29, 1.82) is 0 Å². The average molecular weight is 344 g/mol. The van der Waals surface area contributed by atoms with Crippen LogP contribution >= 0.6 is 11.3 Å². The van der Waals surface area contributed by atoms with Gasteiger partial charge >= 0.3 is 0 Å². The zero-order chi connectivity index (χ0) is 16.7. The van der Waals surface area contributed by atoms with Gasteiger partial charge < -0.3 is 5.73 Å². The van der Waals surface area contributed by atoms with Crippen LogP contribution in [0.2, 0.25) is 0 Å². The monoisotopic (exact) mass is 344 g/mol. The molecule has 4 aromatic rings. The first-order valence-corrected chi connectivity index (χ1v) is 7.99. The molecule has 0 fully saturated rings. The van der Waals surface area contributed by atoms with Gasteiger partial charge in [0.15, 0.2) is 5.65 Å². The highest BCUT2D eigenvalue weighted by molar-refractivity contribution is 7.12. The molecule has 3 heterocycles. The number of carbonyl (C=O) groups is 1. The van der Waals surface area contributed by atoms with Gasteiger partial charge in [0, 0.05) is 11.8 Å². The third kappa shape index (κ3) is 2.26. The molecule has 2 N–H and O–H groups in total. The van der Waals surface area contributed by atoms with Crippen LogP contribution in [-0.4, -0.2) is 20.4 Å². The number of anilines is 1. The maximum Gasteiger partial charge on any atom is 0.208 e. The van der Waals surface area contributed by atoms with E-state index in [9.17, 15) is 9.18 Å². The summed E-state index contributed by atoms with van der Waals surface area (Å²) >= 11 is 1.37. The predicted octanol–water partition coefficient (Wildman–Crippen LogP) is 3.41. The van der Waals surface area contributed by atoms with Crippen molar-refractivity contribution in [3.63, 3.8) is 0 Å². The van der Waals surface area contributed by atoms with E-state index in [1.54, 1.807) is 28.9 Å². The molecule has 0 saturated heterocycles. The van der Waals surface area contributed by atoms with E-state index in [4.69, 9.17) is 5.73 Å². The summed E-state index contributed by atoms with van der Waals surface area (Å²) in [5.41, 5.74) is 7.95. The van der Waals surface area contributed by atoms with Crippen molar-refractivity contribution in [2.45, 2.75) is 0 Å². The molecule has 0 aliphatic heterocycles. The molecule has 4 rings (SSSR count). The number of halogens is 1. The number of hydrogen-bond acceptors (Lipinski definition) is 5. The second-order valence-electron chi connectivity index (χ2n) is 5.17. The Balaban J connectivity index is 1.88. The number of carbonyl (C=O) groups excluding carboxylic acids is 1. The SMILES string of the molecule is N[13c]1[13cH][13c](-c2ccnc3c(C(=O)c4cccs4)cnn23)[13cH][13cH][13c]1F. The van der Waals surface area contributed by atoms with Crippen LogP contribution in [0.15, 0.2) is 54.2 Å². The average Bonchev–Trinajstić information content (AvgIpc) is 3.26. The lowest BCUT2D eigenvalue weighted by atomic mass is 10.2. The molecular formula is C17H11FN4OS. The van der Waals surface area contributed by atoms with Crippen molar-refractivity contribution < 1.29 is 9.18 Å². The van der Waals surface area contributed by atoms with Crippen LogP contribution < -0.4 is 5.73 Å². The number of thiophene rings is 1. The molecule has 0 bridgehead atoms. The lowest BCUT2D eigenvalue weighted by molar-refractivity contribution is 0.104. The molecule has 0 aliphatic rings. The summed E-state index contributed by atoms with van der Waals surface area (Å²) in [4.78, 5) is 17.5. The summed E-state index contributed by atoms with van der Waals surface area (Å²) in [5, 5.41) is 6.13. The molecule has 3 aromatic heterocycles. The van der Waals surface area contributed by atoms with E-state index in [0.717, 1.165) is 0 Å². The first-order valence-electron chi connectivity index (χ1n) is 7.11. The fourth-order valence-electron chi connectivity index (χ4n) is 2.51. The van der Waals surface area contributed by atoms with Crippen molar-refractivity contribution in [1.82, 2.24) is 14.6 Å². The quantitative estimate of drug-likeness (QED) is 0.457. The highest BCUT2D eigenvalue weighted by Gasteiger charge is 2.18. The van der Waals surface area contributed by atoms with Crippen molar-refractivity contribution >= 4 is 28.5 Å². The number of benzene rings is 1. The minimum absolute atomic E-state index is 0.0551. The number of fused-ring (bicyclic) bond motifs is 1. The van der Waals surface area contributed by atoms with Gasteiger partial charge in [0.2, 0.25) is 5.78 Å². The van der Waals surface area contributed by atoms with E-state index in [2.05, 4.69) is 10.1 Å². The largest absolute Gasteiger partial charge is 0.396 e. The molecule has 7 heteroatoms. The van der Waals surface area contributed by atoms with Gasteiger partial charge in [-0.15, -0.1) is 11.3 Å². The van der Waals surface area contributed by atoms with Crippen molar-refractivity contribution in [2.75, 3.05) is 5.73 Å². The minimum atomic E-state index is -0.474. The molecule has 0 atom stereocenters. The van der Waals surface area contributed by atoms with E-state index in [1.165, 1.54) is 29.7 Å². The second-order valence-corrected chi connectivity index (χ2v) is 6.11.